The summed E-state index contributed by atoms with van der Waals surface area (Å²) in [5, 5.41) is 22.3. The lowest BCUT2D eigenvalue weighted by Gasteiger charge is -2.15. The molecule has 174 valence electrons. The Balaban J connectivity index is 1.49. The molecule has 0 bridgehead atoms. The predicted octanol–water partition coefficient (Wildman–Crippen LogP) is 4.22. The van der Waals surface area contributed by atoms with Crippen molar-refractivity contribution in [1.82, 2.24) is 20.0 Å². The molecule has 1 atom stereocenters. The van der Waals surface area contributed by atoms with E-state index >= 15 is 0 Å². The second-order valence-electron chi connectivity index (χ2n) is 7.80. The molecule has 34 heavy (non-hydrogen) atoms. The SMILES string of the molecule is C[C@@H](OC(=O)Nc1c(-c2cc(F)c(NC(=O)C3(C#N)CC3)cn2)nnn1C)c1ccccc1Cl. The third-order valence-corrected chi connectivity index (χ3v) is 5.76. The number of aromatic nitrogens is 4. The average Bonchev–Trinajstić information content (AvgIpc) is 3.54. The zero-order chi connectivity index (χ0) is 24.5. The number of hydrogen-bond acceptors (Lipinski definition) is 7. The summed E-state index contributed by atoms with van der Waals surface area (Å²) >= 11 is 6.15. The summed E-state index contributed by atoms with van der Waals surface area (Å²) in [6.07, 6.45) is 0.547. The van der Waals surface area contributed by atoms with Gasteiger partial charge >= 0.3 is 6.09 Å². The third kappa shape index (κ3) is 4.53. The van der Waals surface area contributed by atoms with E-state index < -0.39 is 29.3 Å². The normalized spacial score (nSPS) is 14.6. The van der Waals surface area contributed by atoms with Crippen LogP contribution < -0.4 is 10.6 Å². The van der Waals surface area contributed by atoms with E-state index in [0.29, 0.717) is 23.4 Å². The van der Waals surface area contributed by atoms with Crippen molar-refractivity contribution in [2.75, 3.05) is 10.6 Å². The van der Waals surface area contributed by atoms with Crippen LogP contribution in [0.25, 0.3) is 11.4 Å². The summed E-state index contributed by atoms with van der Waals surface area (Å²) in [6.45, 7) is 1.67. The summed E-state index contributed by atoms with van der Waals surface area (Å²) in [5.41, 5.74) is -0.471. The Labute approximate surface area is 198 Å². The van der Waals surface area contributed by atoms with Gasteiger partial charge in [0.15, 0.2) is 17.3 Å². The first-order valence-corrected chi connectivity index (χ1v) is 10.6. The molecule has 0 unspecified atom stereocenters. The zero-order valence-corrected chi connectivity index (χ0v) is 18.9. The highest BCUT2D eigenvalue weighted by Crippen LogP contribution is 2.45. The number of pyridine rings is 1. The molecule has 2 amide bonds. The van der Waals surface area contributed by atoms with Gasteiger partial charge in [-0.05, 0) is 25.8 Å². The minimum absolute atomic E-state index is 0.0690. The number of nitriles is 1. The van der Waals surface area contributed by atoms with Gasteiger partial charge in [-0.25, -0.2) is 13.9 Å². The number of ether oxygens (including phenoxy) is 1. The minimum atomic E-state index is -1.10. The molecule has 1 saturated carbocycles. The van der Waals surface area contributed by atoms with Gasteiger partial charge in [0.2, 0.25) is 5.91 Å². The molecule has 12 heteroatoms. The molecule has 0 aliphatic heterocycles. The number of benzene rings is 1. The van der Waals surface area contributed by atoms with Crippen LogP contribution in [0.3, 0.4) is 0 Å². The fraction of sp³-hybridized carbons (Fsp3) is 0.273. The van der Waals surface area contributed by atoms with Crippen molar-refractivity contribution >= 4 is 35.1 Å². The van der Waals surface area contributed by atoms with E-state index in [2.05, 4.69) is 25.9 Å². The molecule has 0 spiro atoms. The second kappa shape index (κ2) is 9.07. The van der Waals surface area contributed by atoms with E-state index in [1.54, 1.807) is 31.2 Å². The monoisotopic (exact) mass is 483 g/mol. The fourth-order valence-electron chi connectivity index (χ4n) is 3.23. The zero-order valence-electron chi connectivity index (χ0n) is 18.2. The molecular formula is C22H19ClFN7O3. The summed E-state index contributed by atoms with van der Waals surface area (Å²) < 4.78 is 21.4. The Morgan fingerprint density at radius 1 is 1.32 bits per heavy atom. The molecule has 4 rings (SSSR count). The van der Waals surface area contributed by atoms with Crippen molar-refractivity contribution in [3.8, 4) is 17.5 Å². The second-order valence-corrected chi connectivity index (χ2v) is 8.21. The van der Waals surface area contributed by atoms with E-state index in [1.165, 1.54) is 11.7 Å². The highest BCUT2D eigenvalue weighted by Gasteiger charge is 2.50. The molecule has 0 saturated heterocycles. The van der Waals surface area contributed by atoms with Crippen molar-refractivity contribution in [3.63, 3.8) is 0 Å². The quantitative estimate of drug-likeness (QED) is 0.535. The first-order chi connectivity index (χ1) is 16.2. The van der Waals surface area contributed by atoms with E-state index in [0.717, 1.165) is 12.3 Å². The van der Waals surface area contributed by atoms with Crippen LogP contribution in [0.2, 0.25) is 5.02 Å². The number of nitrogens with zero attached hydrogens (tertiary/aromatic N) is 5. The van der Waals surface area contributed by atoms with Crippen molar-refractivity contribution in [3.05, 3.63) is 52.9 Å². The lowest BCUT2D eigenvalue weighted by molar-refractivity contribution is -0.119. The lowest BCUT2D eigenvalue weighted by Crippen LogP contribution is -2.23. The number of rotatable bonds is 6. The molecule has 2 heterocycles. The molecule has 1 aromatic carbocycles. The van der Waals surface area contributed by atoms with Crippen molar-refractivity contribution in [1.29, 1.82) is 5.26 Å². The Kier molecular flexibility index (Phi) is 6.17. The molecule has 3 aromatic rings. The summed E-state index contributed by atoms with van der Waals surface area (Å²) in [4.78, 5) is 28.8. The van der Waals surface area contributed by atoms with Gasteiger partial charge in [0.05, 0.1) is 23.6 Å². The van der Waals surface area contributed by atoms with E-state index in [1.807, 2.05) is 6.07 Å². The maximum absolute atomic E-state index is 14.7. The van der Waals surface area contributed by atoms with Gasteiger partial charge in [-0.15, -0.1) is 5.10 Å². The molecular weight excluding hydrogens is 465 g/mol. The van der Waals surface area contributed by atoms with Gasteiger partial charge in [0, 0.05) is 23.7 Å². The van der Waals surface area contributed by atoms with E-state index in [9.17, 15) is 14.0 Å². The highest BCUT2D eigenvalue weighted by atomic mass is 35.5. The fourth-order valence-corrected chi connectivity index (χ4v) is 3.52. The molecule has 1 fully saturated rings. The van der Waals surface area contributed by atoms with Crippen LogP contribution >= 0.6 is 11.6 Å². The van der Waals surface area contributed by atoms with Crippen LogP contribution in [-0.4, -0.2) is 32.0 Å². The molecule has 2 aromatic heterocycles. The van der Waals surface area contributed by atoms with Crippen LogP contribution in [0.1, 0.15) is 31.4 Å². The van der Waals surface area contributed by atoms with Gasteiger partial charge in [0.25, 0.3) is 0 Å². The van der Waals surface area contributed by atoms with Gasteiger partial charge in [-0.3, -0.25) is 15.1 Å². The maximum atomic E-state index is 14.7. The van der Waals surface area contributed by atoms with Gasteiger partial charge in [-0.1, -0.05) is 35.0 Å². The number of carbonyl (C=O) groups is 2. The number of carbonyl (C=O) groups excluding carboxylic acids is 2. The number of nitrogens with one attached hydrogen (secondary N) is 2. The van der Waals surface area contributed by atoms with E-state index in [-0.39, 0.29) is 22.9 Å². The molecule has 1 aliphatic carbocycles. The van der Waals surface area contributed by atoms with Gasteiger partial charge in [0.1, 0.15) is 11.5 Å². The Morgan fingerprint density at radius 3 is 2.71 bits per heavy atom. The molecule has 1 aliphatic rings. The van der Waals surface area contributed by atoms with Crippen molar-refractivity contribution in [2.24, 2.45) is 12.5 Å². The number of aryl methyl sites for hydroxylation is 1. The van der Waals surface area contributed by atoms with Crippen LogP contribution in [0.4, 0.5) is 20.7 Å². The standard InChI is InChI=1S/C22H19ClFN7O3/c1-12(13-5-3-4-6-14(13)23)34-21(33)28-19-18(29-30-31(19)2)16-9-15(24)17(10-26-16)27-20(32)22(11-25)7-8-22/h3-6,9-10,12H,7-8H2,1-2H3,(H,27,32)(H,28,33)/t12-/m1/s1. The average molecular weight is 484 g/mol. The van der Waals surface area contributed by atoms with Gasteiger partial charge < -0.3 is 10.1 Å². The first-order valence-electron chi connectivity index (χ1n) is 10.2. The van der Waals surface area contributed by atoms with Gasteiger partial charge in [-0.2, -0.15) is 5.26 Å². The summed E-state index contributed by atoms with van der Waals surface area (Å²) in [5.74, 6) is -1.22. The topological polar surface area (TPSA) is 135 Å². The van der Waals surface area contributed by atoms with Crippen LogP contribution in [0.5, 0.6) is 0 Å². The van der Waals surface area contributed by atoms with Crippen LogP contribution in [0.15, 0.2) is 36.5 Å². The molecule has 10 nitrogen and oxygen atoms in total. The minimum Gasteiger partial charge on any atom is -0.441 e. The predicted molar refractivity (Wildman–Crippen MR) is 120 cm³/mol. The lowest BCUT2D eigenvalue weighted by atomic mass is 10.1. The van der Waals surface area contributed by atoms with Crippen LogP contribution in [-0.2, 0) is 16.6 Å². The van der Waals surface area contributed by atoms with E-state index in [4.69, 9.17) is 21.6 Å². The first kappa shape index (κ1) is 23.1. The maximum Gasteiger partial charge on any atom is 0.413 e. The smallest absolute Gasteiger partial charge is 0.413 e. The Bertz CT molecular complexity index is 1320. The molecule has 2 N–H and O–H groups in total. The summed E-state index contributed by atoms with van der Waals surface area (Å²) in [6, 6.07) is 9.97. The largest absolute Gasteiger partial charge is 0.441 e. The van der Waals surface area contributed by atoms with Crippen molar-refractivity contribution in [2.45, 2.75) is 25.9 Å². The third-order valence-electron chi connectivity index (χ3n) is 5.42. The highest BCUT2D eigenvalue weighted by molar-refractivity contribution is 6.31. The van der Waals surface area contributed by atoms with Crippen molar-refractivity contribution < 1.29 is 18.7 Å². The number of amides is 2. The molecule has 0 radical (unpaired) electrons. The number of anilines is 2. The number of hydrogen-bond donors (Lipinski definition) is 2. The summed E-state index contributed by atoms with van der Waals surface area (Å²) in [7, 11) is 1.53. The Morgan fingerprint density at radius 2 is 2.06 bits per heavy atom. The number of halogens is 2. The van der Waals surface area contributed by atoms with Crippen LogP contribution in [0, 0.1) is 22.6 Å². The Hall–Kier alpha value is -4.04.